The number of methoxy groups -OCH3 is 1. The fourth-order valence-electron chi connectivity index (χ4n) is 2.20. The lowest BCUT2D eigenvalue weighted by Gasteiger charge is -2.22. The van der Waals surface area contributed by atoms with Crippen molar-refractivity contribution in [1.82, 2.24) is 10.2 Å². The Balaban J connectivity index is 2.55. The Bertz CT molecular complexity index is 483. The summed E-state index contributed by atoms with van der Waals surface area (Å²) in [4.78, 5) is 6.46. The Morgan fingerprint density at radius 1 is 1.48 bits per heavy atom. The molecular formula is C17H27N3O. The van der Waals surface area contributed by atoms with Crippen molar-refractivity contribution in [2.75, 3.05) is 27.7 Å². The number of guanidine groups is 1. The fraction of sp³-hybridized carbons (Fsp3) is 0.471. The molecule has 4 heteroatoms. The number of unbranched alkanes of at least 4 members (excludes halogenated alkanes) is 1. The molecule has 0 saturated carbocycles. The second kappa shape index (κ2) is 9.06. The molecule has 0 saturated heterocycles. The number of rotatable bonds is 7. The molecule has 1 N–H and O–H groups in total. The minimum Gasteiger partial charge on any atom is -0.496 e. The first-order valence-corrected chi connectivity index (χ1v) is 7.28. The monoisotopic (exact) mass is 289 g/mol. The summed E-state index contributed by atoms with van der Waals surface area (Å²) in [5, 5.41) is 3.39. The van der Waals surface area contributed by atoms with E-state index in [1.54, 1.807) is 7.11 Å². The molecule has 0 unspecified atom stereocenters. The van der Waals surface area contributed by atoms with Gasteiger partial charge >= 0.3 is 0 Å². The summed E-state index contributed by atoms with van der Waals surface area (Å²) in [5.41, 5.74) is 2.36. The van der Waals surface area contributed by atoms with E-state index in [1.165, 1.54) is 5.56 Å². The van der Waals surface area contributed by atoms with Gasteiger partial charge in [0.2, 0.25) is 0 Å². The SMILES string of the molecule is C=CCCCN(C)C(=NC)NCc1ccc(OC)c(C)c1. The molecule has 0 aliphatic rings. The molecule has 1 aromatic carbocycles. The predicted octanol–water partition coefficient (Wildman–Crippen LogP) is 2.98. The van der Waals surface area contributed by atoms with E-state index in [4.69, 9.17) is 4.74 Å². The van der Waals surface area contributed by atoms with Crippen LogP contribution in [0.5, 0.6) is 5.75 Å². The highest BCUT2D eigenvalue weighted by Gasteiger charge is 2.06. The van der Waals surface area contributed by atoms with E-state index in [0.29, 0.717) is 0 Å². The van der Waals surface area contributed by atoms with Crippen molar-refractivity contribution in [2.24, 2.45) is 4.99 Å². The fourth-order valence-corrected chi connectivity index (χ4v) is 2.20. The Morgan fingerprint density at radius 3 is 2.81 bits per heavy atom. The average molecular weight is 289 g/mol. The van der Waals surface area contributed by atoms with Crippen LogP contribution in [0.15, 0.2) is 35.8 Å². The number of benzene rings is 1. The Labute approximate surface area is 128 Å². The van der Waals surface area contributed by atoms with Crippen LogP contribution in [0.4, 0.5) is 0 Å². The topological polar surface area (TPSA) is 36.9 Å². The number of hydrogen-bond acceptors (Lipinski definition) is 2. The van der Waals surface area contributed by atoms with Gasteiger partial charge in [-0.05, 0) is 37.0 Å². The molecule has 21 heavy (non-hydrogen) atoms. The maximum absolute atomic E-state index is 5.28. The molecule has 0 aromatic heterocycles. The number of aliphatic imine (C=N–C) groups is 1. The molecule has 0 radical (unpaired) electrons. The van der Waals surface area contributed by atoms with E-state index >= 15 is 0 Å². The van der Waals surface area contributed by atoms with Gasteiger partial charge in [0, 0.05) is 27.2 Å². The molecule has 1 aromatic rings. The minimum atomic E-state index is 0.753. The van der Waals surface area contributed by atoms with Crippen molar-refractivity contribution in [3.63, 3.8) is 0 Å². The Kier molecular flexibility index (Phi) is 7.37. The van der Waals surface area contributed by atoms with Gasteiger partial charge in [0.25, 0.3) is 0 Å². The van der Waals surface area contributed by atoms with E-state index in [1.807, 2.05) is 19.2 Å². The quantitative estimate of drug-likeness (QED) is 0.363. The summed E-state index contributed by atoms with van der Waals surface area (Å²) in [7, 11) is 5.56. The van der Waals surface area contributed by atoms with Crippen LogP contribution in [0.2, 0.25) is 0 Å². The van der Waals surface area contributed by atoms with E-state index < -0.39 is 0 Å². The summed E-state index contributed by atoms with van der Waals surface area (Å²) >= 11 is 0. The lowest BCUT2D eigenvalue weighted by molar-refractivity contribution is 0.411. The third kappa shape index (κ3) is 5.50. The van der Waals surface area contributed by atoms with Gasteiger partial charge in [-0.2, -0.15) is 0 Å². The van der Waals surface area contributed by atoms with Gasteiger partial charge in [-0.3, -0.25) is 4.99 Å². The largest absolute Gasteiger partial charge is 0.496 e. The van der Waals surface area contributed by atoms with Crippen LogP contribution in [0.3, 0.4) is 0 Å². The minimum absolute atomic E-state index is 0.753. The number of ether oxygens (including phenoxy) is 1. The summed E-state index contributed by atoms with van der Waals surface area (Å²) in [6, 6.07) is 6.21. The lowest BCUT2D eigenvalue weighted by Crippen LogP contribution is -2.38. The predicted molar refractivity (Wildman–Crippen MR) is 90.0 cm³/mol. The number of hydrogen-bond donors (Lipinski definition) is 1. The molecular weight excluding hydrogens is 262 g/mol. The van der Waals surface area contributed by atoms with Crippen LogP contribution in [0, 0.1) is 6.92 Å². The maximum Gasteiger partial charge on any atom is 0.193 e. The third-order valence-corrected chi connectivity index (χ3v) is 3.39. The van der Waals surface area contributed by atoms with Crippen molar-refractivity contribution in [3.8, 4) is 5.75 Å². The van der Waals surface area contributed by atoms with Gasteiger partial charge in [0.1, 0.15) is 5.75 Å². The van der Waals surface area contributed by atoms with Gasteiger partial charge in [-0.15, -0.1) is 6.58 Å². The van der Waals surface area contributed by atoms with Crippen LogP contribution in [-0.4, -0.2) is 38.6 Å². The lowest BCUT2D eigenvalue weighted by atomic mass is 10.1. The molecule has 0 spiro atoms. The first kappa shape index (κ1) is 17.1. The van der Waals surface area contributed by atoms with Gasteiger partial charge in [0.15, 0.2) is 5.96 Å². The molecule has 0 amide bonds. The maximum atomic E-state index is 5.28. The molecule has 0 aliphatic heterocycles. The van der Waals surface area contributed by atoms with Crippen LogP contribution < -0.4 is 10.1 Å². The highest BCUT2D eigenvalue weighted by atomic mass is 16.5. The van der Waals surface area contributed by atoms with Crippen LogP contribution >= 0.6 is 0 Å². The van der Waals surface area contributed by atoms with Crippen molar-refractivity contribution in [1.29, 1.82) is 0 Å². The molecule has 4 nitrogen and oxygen atoms in total. The molecule has 0 bridgehead atoms. The Morgan fingerprint density at radius 2 is 2.24 bits per heavy atom. The second-order valence-electron chi connectivity index (χ2n) is 5.06. The first-order chi connectivity index (χ1) is 10.1. The van der Waals surface area contributed by atoms with E-state index in [2.05, 4.69) is 47.9 Å². The molecule has 0 atom stereocenters. The van der Waals surface area contributed by atoms with E-state index in [9.17, 15) is 0 Å². The summed E-state index contributed by atoms with van der Waals surface area (Å²) in [5.74, 6) is 1.83. The third-order valence-electron chi connectivity index (χ3n) is 3.39. The summed E-state index contributed by atoms with van der Waals surface area (Å²) in [6.45, 7) is 7.52. The summed E-state index contributed by atoms with van der Waals surface area (Å²) in [6.07, 6.45) is 4.06. The number of allylic oxidation sites excluding steroid dienone is 1. The second-order valence-corrected chi connectivity index (χ2v) is 5.06. The smallest absolute Gasteiger partial charge is 0.193 e. The van der Waals surface area contributed by atoms with E-state index in [-0.39, 0.29) is 0 Å². The molecule has 0 heterocycles. The normalized spacial score (nSPS) is 11.1. The molecule has 1 rings (SSSR count). The average Bonchev–Trinajstić information content (AvgIpc) is 2.48. The van der Waals surface area contributed by atoms with Crippen molar-refractivity contribution >= 4 is 5.96 Å². The van der Waals surface area contributed by atoms with Crippen molar-refractivity contribution in [3.05, 3.63) is 42.0 Å². The molecule has 0 fully saturated rings. The zero-order valence-corrected chi connectivity index (χ0v) is 13.6. The highest BCUT2D eigenvalue weighted by Crippen LogP contribution is 2.18. The zero-order chi connectivity index (χ0) is 15.7. The molecule has 116 valence electrons. The van der Waals surface area contributed by atoms with Gasteiger partial charge < -0.3 is 15.0 Å². The Hall–Kier alpha value is -1.97. The van der Waals surface area contributed by atoms with Crippen LogP contribution in [0.25, 0.3) is 0 Å². The highest BCUT2D eigenvalue weighted by molar-refractivity contribution is 5.79. The number of aryl methyl sites for hydroxylation is 1. The van der Waals surface area contributed by atoms with Crippen LogP contribution in [0.1, 0.15) is 24.0 Å². The van der Waals surface area contributed by atoms with Crippen molar-refractivity contribution in [2.45, 2.75) is 26.3 Å². The van der Waals surface area contributed by atoms with Gasteiger partial charge in [-0.1, -0.05) is 18.2 Å². The van der Waals surface area contributed by atoms with Gasteiger partial charge in [0.05, 0.1) is 7.11 Å². The zero-order valence-electron chi connectivity index (χ0n) is 13.6. The van der Waals surface area contributed by atoms with Gasteiger partial charge in [-0.25, -0.2) is 0 Å². The number of nitrogens with zero attached hydrogens (tertiary/aromatic N) is 2. The van der Waals surface area contributed by atoms with E-state index in [0.717, 1.165) is 43.2 Å². The standard InChI is InChI=1S/C17H27N3O/c1-6-7-8-11-20(4)17(18-3)19-13-15-9-10-16(21-5)14(2)12-15/h6,9-10,12H,1,7-8,11,13H2,2-5H3,(H,18,19). The summed E-state index contributed by atoms with van der Waals surface area (Å²) < 4.78 is 5.28. The first-order valence-electron chi connectivity index (χ1n) is 7.28. The van der Waals surface area contributed by atoms with Crippen molar-refractivity contribution < 1.29 is 4.74 Å². The molecule has 0 aliphatic carbocycles. The van der Waals surface area contributed by atoms with Crippen LogP contribution in [-0.2, 0) is 6.54 Å². The number of nitrogens with one attached hydrogen (secondary N) is 1.